The van der Waals surface area contributed by atoms with Crippen molar-refractivity contribution < 1.29 is 27.4 Å². The Morgan fingerprint density at radius 3 is 2.59 bits per heavy atom. The highest BCUT2D eigenvalue weighted by Crippen LogP contribution is 2.24. The largest absolute Gasteiger partial charge is 0.484 e. The summed E-state index contributed by atoms with van der Waals surface area (Å²) in [5.41, 5.74) is 1.39. The van der Waals surface area contributed by atoms with Gasteiger partial charge in [-0.15, -0.1) is 0 Å². The minimum Gasteiger partial charge on any atom is -0.484 e. The molecule has 2 N–H and O–H groups in total. The summed E-state index contributed by atoms with van der Waals surface area (Å²) in [5.74, 6) is 0.544. The average molecular weight is 417 g/mol. The maximum Gasteiger partial charge on any atom is 0.422 e. The Morgan fingerprint density at radius 1 is 1.17 bits per heavy atom. The molecule has 0 saturated carbocycles. The van der Waals surface area contributed by atoms with Crippen LogP contribution in [-0.2, 0) is 16.1 Å². The monoisotopic (exact) mass is 417 g/mol. The lowest BCUT2D eigenvalue weighted by molar-refractivity contribution is -0.153. The van der Waals surface area contributed by atoms with Crippen LogP contribution >= 0.6 is 0 Å². The van der Waals surface area contributed by atoms with E-state index in [0.717, 1.165) is 24.8 Å². The zero-order chi connectivity index (χ0) is 21.7. The lowest BCUT2D eigenvalue weighted by Gasteiger charge is -2.14. The molecule has 164 valence electrons. The van der Waals surface area contributed by atoms with Crippen molar-refractivity contribution in [2.75, 3.05) is 26.8 Å². The molecular formula is C20H30F3N3O3. The topological polar surface area (TPSA) is 72.0 Å². The first kappa shape index (κ1) is 24.6. The number of methoxy groups -OCH3 is 1. The number of benzene rings is 1. The number of halogens is 3. The molecule has 0 aromatic heterocycles. The highest BCUT2D eigenvalue weighted by atomic mass is 19.4. The summed E-state index contributed by atoms with van der Waals surface area (Å²) >= 11 is 0. The van der Waals surface area contributed by atoms with Crippen molar-refractivity contribution in [3.63, 3.8) is 0 Å². The van der Waals surface area contributed by atoms with E-state index in [1.165, 1.54) is 7.11 Å². The number of hydrogen-bond donors (Lipinski definition) is 2. The van der Waals surface area contributed by atoms with Crippen LogP contribution in [0.15, 0.2) is 23.2 Å². The second-order valence-corrected chi connectivity index (χ2v) is 6.52. The van der Waals surface area contributed by atoms with E-state index in [1.54, 1.807) is 19.1 Å². The predicted octanol–water partition coefficient (Wildman–Crippen LogP) is 3.72. The van der Waals surface area contributed by atoms with E-state index in [9.17, 15) is 18.0 Å². The van der Waals surface area contributed by atoms with E-state index >= 15 is 0 Å². The van der Waals surface area contributed by atoms with Gasteiger partial charge in [-0.3, -0.25) is 4.79 Å². The molecule has 1 rings (SSSR count). The highest BCUT2D eigenvalue weighted by Gasteiger charge is 2.28. The molecule has 0 aliphatic rings. The molecule has 0 atom stereocenters. The molecule has 0 amide bonds. The van der Waals surface area contributed by atoms with Crippen LogP contribution < -0.4 is 15.4 Å². The number of aryl methyl sites for hydroxylation is 1. The minimum absolute atomic E-state index is 0.185. The fourth-order valence-electron chi connectivity index (χ4n) is 2.47. The Hall–Kier alpha value is -2.45. The second-order valence-electron chi connectivity index (χ2n) is 6.52. The standard InChI is InChI=1S/C20H30F3N3O3/c1-4-24-19(25-11-7-5-6-8-18(27)28-3)26-13-16-10-9-15(2)12-17(16)29-14-20(21,22)23/h9-10,12H,4-8,11,13-14H2,1-3H3,(H2,24,25,26). The van der Waals surface area contributed by atoms with Gasteiger partial charge in [-0.1, -0.05) is 18.6 Å². The molecule has 0 radical (unpaired) electrons. The summed E-state index contributed by atoms with van der Waals surface area (Å²) in [6.45, 7) is 3.89. The third-order valence-corrected chi connectivity index (χ3v) is 3.94. The van der Waals surface area contributed by atoms with E-state index in [0.29, 0.717) is 31.0 Å². The van der Waals surface area contributed by atoms with Crippen LogP contribution in [0.4, 0.5) is 13.2 Å². The molecule has 0 fully saturated rings. The molecule has 0 unspecified atom stereocenters. The molecule has 0 spiro atoms. The van der Waals surface area contributed by atoms with Crippen LogP contribution in [0.1, 0.15) is 43.7 Å². The van der Waals surface area contributed by atoms with Crippen molar-refractivity contribution in [1.29, 1.82) is 0 Å². The fourth-order valence-corrected chi connectivity index (χ4v) is 2.47. The Bertz CT molecular complexity index is 664. The summed E-state index contributed by atoms with van der Waals surface area (Å²) in [5, 5.41) is 6.28. The van der Waals surface area contributed by atoms with Crippen LogP contribution in [-0.4, -0.2) is 44.9 Å². The quantitative estimate of drug-likeness (QED) is 0.249. The fraction of sp³-hybridized carbons (Fsp3) is 0.600. The number of carbonyl (C=O) groups excluding carboxylic acids is 1. The van der Waals surface area contributed by atoms with Crippen LogP contribution in [0.3, 0.4) is 0 Å². The zero-order valence-corrected chi connectivity index (χ0v) is 17.2. The summed E-state index contributed by atoms with van der Waals surface area (Å²) in [6.07, 6.45) is -1.51. The van der Waals surface area contributed by atoms with Crippen LogP contribution in [0, 0.1) is 6.92 Å². The van der Waals surface area contributed by atoms with Gasteiger partial charge in [-0.05, 0) is 38.3 Å². The molecule has 29 heavy (non-hydrogen) atoms. The van der Waals surface area contributed by atoms with Gasteiger partial charge >= 0.3 is 12.1 Å². The Labute approximate surface area is 169 Å². The molecule has 0 saturated heterocycles. The number of ether oxygens (including phenoxy) is 2. The maximum absolute atomic E-state index is 12.5. The number of unbranched alkanes of at least 4 members (excludes halogenated alkanes) is 2. The van der Waals surface area contributed by atoms with Crippen molar-refractivity contribution >= 4 is 11.9 Å². The Kier molecular flexibility index (Phi) is 10.9. The van der Waals surface area contributed by atoms with Crippen molar-refractivity contribution in [2.45, 2.75) is 52.3 Å². The number of alkyl halides is 3. The first-order chi connectivity index (χ1) is 13.7. The number of carbonyl (C=O) groups is 1. The number of guanidine groups is 1. The highest BCUT2D eigenvalue weighted by molar-refractivity contribution is 5.79. The third kappa shape index (κ3) is 11.2. The van der Waals surface area contributed by atoms with Gasteiger partial charge in [0.15, 0.2) is 12.6 Å². The molecule has 1 aromatic rings. The van der Waals surface area contributed by atoms with Crippen molar-refractivity contribution in [3.05, 3.63) is 29.3 Å². The number of esters is 1. The molecule has 0 aliphatic heterocycles. The number of rotatable bonds is 11. The van der Waals surface area contributed by atoms with Gasteiger partial charge in [0.2, 0.25) is 0 Å². The summed E-state index contributed by atoms with van der Waals surface area (Å²) in [4.78, 5) is 15.5. The van der Waals surface area contributed by atoms with Crippen molar-refractivity contribution in [3.8, 4) is 5.75 Å². The molecule has 0 bridgehead atoms. The SMILES string of the molecule is CCNC(=NCc1ccc(C)cc1OCC(F)(F)F)NCCCCCC(=O)OC. The van der Waals surface area contributed by atoms with E-state index in [1.807, 2.05) is 13.0 Å². The maximum atomic E-state index is 12.5. The summed E-state index contributed by atoms with van der Waals surface area (Å²) in [6, 6.07) is 5.12. The zero-order valence-electron chi connectivity index (χ0n) is 17.2. The molecule has 0 aliphatic carbocycles. The molecule has 1 aromatic carbocycles. The lowest BCUT2D eigenvalue weighted by atomic mass is 10.1. The van der Waals surface area contributed by atoms with Crippen LogP contribution in [0.25, 0.3) is 0 Å². The van der Waals surface area contributed by atoms with Crippen molar-refractivity contribution in [2.24, 2.45) is 4.99 Å². The molecule has 9 heteroatoms. The smallest absolute Gasteiger partial charge is 0.422 e. The van der Waals surface area contributed by atoms with Gasteiger partial charge in [-0.25, -0.2) is 4.99 Å². The lowest BCUT2D eigenvalue weighted by Crippen LogP contribution is -2.37. The molecule has 6 nitrogen and oxygen atoms in total. The van der Waals surface area contributed by atoms with Gasteiger partial charge in [0.1, 0.15) is 5.75 Å². The second kappa shape index (κ2) is 12.9. The Balaban J connectivity index is 2.60. The Morgan fingerprint density at radius 2 is 1.93 bits per heavy atom. The molecular weight excluding hydrogens is 387 g/mol. The van der Waals surface area contributed by atoms with Gasteiger partial charge in [0, 0.05) is 25.1 Å². The first-order valence-corrected chi connectivity index (χ1v) is 9.63. The molecule has 0 heterocycles. The number of nitrogens with one attached hydrogen (secondary N) is 2. The van der Waals surface area contributed by atoms with E-state index in [2.05, 4.69) is 20.4 Å². The number of nitrogens with zero attached hydrogens (tertiary/aromatic N) is 1. The summed E-state index contributed by atoms with van der Waals surface area (Å²) in [7, 11) is 1.37. The first-order valence-electron chi connectivity index (χ1n) is 9.63. The van der Waals surface area contributed by atoms with E-state index in [4.69, 9.17) is 4.74 Å². The van der Waals surface area contributed by atoms with Gasteiger partial charge in [-0.2, -0.15) is 13.2 Å². The van der Waals surface area contributed by atoms with Crippen LogP contribution in [0.2, 0.25) is 0 Å². The van der Waals surface area contributed by atoms with E-state index < -0.39 is 12.8 Å². The van der Waals surface area contributed by atoms with Crippen molar-refractivity contribution in [1.82, 2.24) is 10.6 Å². The average Bonchev–Trinajstić information content (AvgIpc) is 2.67. The van der Waals surface area contributed by atoms with Crippen LogP contribution in [0.5, 0.6) is 5.75 Å². The van der Waals surface area contributed by atoms with Gasteiger partial charge < -0.3 is 20.1 Å². The van der Waals surface area contributed by atoms with E-state index in [-0.39, 0.29) is 18.3 Å². The normalized spacial score (nSPS) is 11.9. The predicted molar refractivity (Wildman–Crippen MR) is 106 cm³/mol. The number of aliphatic imine (C=N–C) groups is 1. The third-order valence-electron chi connectivity index (χ3n) is 3.94. The van der Waals surface area contributed by atoms with Gasteiger partial charge in [0.05, 0.1) is 13.7 Å². The van der Waals surface area contributed by atoms with Gasteiger partial charge in [0.25, 0.3) is 0 Å². The minimum atomic E-state index is -4.39. The summed E-state index contributed by atoms with van der Waals surface area (Å²) < 4.78 is 47.0. The number of hydrogen-bond acceptors (Lipinski definition) is 4.